The SMILES string of the molecule is CN1CCN(CCc2cnc(NC3CCC(Oc4nc(N5CCOCC5)cc5ncc(NS(C)(=O)=O)cc45)CC3)nc2)CC1. The van der Waals surface area contributed by atoms with Gasteiger partial charge in [-0.2, -0.15) is 4.98 Å². The van der Waals surface area contributed by atoms with Crippen molar-refractivity contribution in [3.63, 3.8) is 0 Å². The Labute approximate surface area is 259 Å². The molecule has 3 aromatic heterocycles. The highest BCUT2D eigenvalue weighted by molar-refractivity contribution is 7.92. The molecule has 2 saturated heterocycles. The normalized spacial score (nSPS) is 22.2. The van der Waals surface area contributed by atoms with Crippen LogP contribution in [0.3, 0.4) is 0 Å². The molecule has 3 fully saturated rings. The lowest BCUT2D eigenvalue weighted by Crippen LogP contribution is -2.45. The van der Waals surface area contributed by atoms with E-state index in [9.17, 15) is 8.42 Å². The molecule has 3 aromatic rings. The van der Waals surface area contributed by atoms with Crippen molar-refractivity contribution in [2.24, 2.45) is 0 Å². The Bertz CT molecular complexity index is 1500. The number of nitrogens with zero attached hydrogens (tertiary/aromatic N) is 7. The van der Waals surface area contributed by atoms with Crippen molar-refractivity contribution in [1.82, 2.24) is 29.7 Å². The fourth-order valence-corrected chi connectivity index (χ4v) is 6.52. The van der Waals surface area contributed by atoms with Crippen LogP contribution in [0.15, 0.2) is 30.7 Å². The molecule has 0 amide bonds. The van der Waals surface area contributed by atoms with Gasteiger partial charge in [-0.15, -0.1) is 0 Å². The van der Waals surface area contributed by atoms with Crippen LogP contribution in [0.25, 0.3) is 10.9 Å². The second kappa shape index (κ2) is 13.8. The van der Waals surface area contributed by atoms with E-state index in [-0.39, 0.29) is 12.1 Å². The first-order chi connectivity index (χ1) is 21.3. The first-order valence-corrected chi connectivity index (χ1v) is 17.4. The molecule has 0 aromatic carbocycles. The van der Waals surface area contributed by atoms with E-state index in [1.807, 2.05) is 18.5 Å². The van der Waals surface area contributed by atoms with Crippen molar-refractivity contribution in [3.8, 4) is 5.88 Å². The van der Waals surface area contributed by atoms with Crippen LogP contribution < -0.4 is 19.7 Å². The maximum Gasteiger partial charge on any atom is 0.229 e. The smallest absolute Gasteiger partial charge is 0.229 e. The van der Waals surface area contributed by atoms with Gasteiger partial charge in [-0.05, 0) is 50.8 Å². The average Bonchev–Trinajstić information content (AvgIpc) is 3.02. The van der Waals surface area contributed by atoms with Gasteiger partial charge in [0.05, 0.1) is 42.3 Å². The van der Waals surface area contributed by atoms with Crippen LogP contribution in [0.2, 0.25) is 0 Å². The number of pyridine rings is 2. The molecule has 0 bridgehead atoms. The summed E-state index contributed by atoms with van der Waals surface area (Å²) in [4.78, 5) is 25.7. The first kappa shape index (κ1) is 30.7. The number of sulfonamides is 1. The number of nitrogens with one attached hydrogen (secondary N) is 2. The molecule has 5 heterocycles. The van der Waals surface area contributed by atoms with Crippen LogP contribution in [-0.4, -0.2) is 123 Å². The molecule has 3 aliphatic rings. The van der Waals surface area contributed by atoms with E-state index in [1.165, 1.54) is 6.20 Å². The zero-order chi connectivity index (χ0) is 30.5. The van der Waals surface area contributed by atoms with E-state index in [0.29, 0.717) is 41.6 Å². The summed E-state index contributed by atoms with van der Waals surface area (Å²) in [7, 11) is -1.27. The Kier molecular flexibility index (Phi) is 9.59. The molecule has 0 radical (unpaired) electrons. The monoisotopic (exact) mass is 625 g/mol. The van der Waals surface area contributed by atoms with E-state index in [0.717, 1.165) is 95.6 Å². The quantitative estimate of drug-likeness (QED) is 0.342. The number of likely N-dealkylation sites (N-methyl/N-ethyl adjacent to an activating group) is 1. The van der Waals surface area contributed by atoms with Gasteiger partial charge in [0.25, 0.3) is 0 Å². The predicted octanol–water partition coefficient (Wildman–Crippen LogP) is 2.22. The lowest BCUT2D eigenvalue weighted by Gasteiger charge is -2.32. The van der Waals surface area contributed by atoms with Crippen LogP contribution in [0, 0.1) is 0 Å². The Balaban J connectivity index is 1.07. The molecule has 2 N–H and O–H groups in total. The molecule has 1 saturated carbocycles. The van der Waals surface area contributed by atoms with E-state index >= 15 is 0 Å². The number of aromatic nitrogens is 4. The number of hydrogen-bond acceptors (Lipinski definition) is 12. The van der Waals surface area contributed by atoms with E-state index in [2.05, 4.69) is 46.7 Å². The van der Waals surface area contributed by atoms with Gasteiger partial charge in [-0.3, -0.25) is 9.71 Å². The molecular weight excluding hydrogens is 582 g/mol. The second-order valence-electron chi connectivity index (χ2n) is 12.1. The summed E-state index contributed by atoms with van der Waals surface area (Å²) in [5.74, 6) is 1.92. The summed E-state index contributed by atoms with van der Waals surface area (Å²) in [6.45, 7) is 8.29. The molecule has 238 valence electrons. The summed E-state index contributed by atoms with van der Waals surface area (Å²) in [6, 6.07) is 3.94. The Morgan fingerprint density at radius 1 is 0.955 bits per heavy atom. The van der Waals surface area contributed by atoms with Gasteiger partial charge in [0, 0.05) is 70.3 Å². The molecule has 0 spiro atoms. The zero-order valence-corrected chi connectivity index (χ0v) is 26.4. The minimum absolute atomic E-state index is 0.0203. The van der Waals surface area contributed by atoms with Crippen molar-refractivity contribution in [1.29, 1.82) is 0 Å². The molecule has 1 aliphatic carbocycles. The molecular formula is C30H43N9O4S. The standard InChI is InChI=1S/C30H43N9O4S/c1-37-9-11-38(12-10-37)8-7-22-19-32-30(33-20-22)34-23-3-5-25(6-4-23)43-29-26-17-24(36-44(2,40)41)21-31-27(26)18-28(35-29)39-13-15-42-16-14-39/h17-21,23,25,36H,3-16H2,1-2H3,(H,32,33,34). The fraction of sp³-hybridized carbons (Fsp3) is 0.600. The van der Waals surface area contributed by atoms with Crippen molar-refractivity contribution in [3.05, 3.63) is 36.3 Å². The number of hydrogen-bond donors (Lipinski definition) is 2. The molecule has 13 nitrogen and oxygen atoms in total. The second-order valence-corrected chi connectivity index (χ2v) is 13.8. The fourth-order valence-electron chi connectivity index (χ4n) is 5.98. The van der Waals surface area contributed by atoms with Crippen LogP contribution in [0.5, 0.6) is 5.88 Å². The lowest BCUT2D eigenvalue weighted by atomic mass is 9.93. The molecule has 0 unspecified atom stereocenters. The van der Waals surface area contributed by atoms with E-state index in [1.54, 1.807) is 6.07 Å². The third kappa shape index (κ3) is 8.23. The summed E-state index contributed by atoms with van der Waals surface area (Å²) >= 11 is 0. The number of fused-ring (bicyclic) bond motifs is 1. The summed E-state index contributed by atoms with van der Waals surface area (Å²) in [5, 5.41) is 4.19. The van der Waals surface area contributed by atoms with Crippen LogP contribution in [0.4, 0.5) is 17.5 Å². The minimum Gasteiger partial charge on any atom is -0.474 e. The van der Waals surface area contributed by atoms with E-state index < -0.39 is 10.0 Å². The van der Waals surface area contributed by atoms with Crippen molar-refractivity contribution >= 4 is 38.4 Å². The molecule has 0 atom stereocenters. The minimum atomic E-state index is -3.45. The summed E-state index contributed by atoms with van der Waals surface area (Å²) < 4.78 is 38.3. The lowest BCUT2D eigenvalue weighted by molar-refractivity contribution is 0.122. The first-order valence-electron chi connectivity index (χ1n) is 15.5. The zero-order valence-electron chi connectivity index (χ0n) is 25.6. The molecule has 2 aliphatic heterocycles. The largest absolute Gasteiger partial charge is 0.474 e. The highest BCUT2D eigenvalue weighted by Gasteiger charge is 2.25. The van der Waals surface area contributed by atoms with Crippen LogP contribution in [-0.2, 0) is 21.2 Å². The Hall–Kier alpha value is -3.33. The number of morpholine rings is 1. The van der Waals surface area contributed by atoms with Crippen LogP contribution >= 0.6 is 0 Å². The van der Waals surface area contributed by atoms with Crippen molar-refractivity contribution in [2.75, 3.05) is 87.3 Å². The van der Waals surface area contributed by atoms with Crippen molar-refractivity contribution in [2.45, 2.75) is 44.2 Å². The Morgan fingerprint density at radius 3 is 2.39 bits per heavy atom. The van der Waals surface area contributed by atoms with Gasteiger partial charge in [-0.1, -0.05) is 0 Å². The number of ether oxygens (including phenoxy) is 2. The summed E-state index contributed by atoms with van der Waals surface area (Å²) in [6.07, 6.45) is 11.0. The highest BCUT2D eigenvalue weighted by atomic mass is 32.2. The highest BCUT2D eigenvalue weighted by Crippen LogP contribution is 2.33. The van der Waals surface area contributed by atoms with Gasteiger partial charge in [-0.25, -0.2) is 18.4 Å². The van der Waals surface area contributed by atoms with Crippen LogP contribution in [0.1, 0.15) is 31.2 Å². The third-order valence-corrected chi connectivity index (χ3v) is 9.18. The molecule has 44 heavy (non-hydrogen) atoms. The van der Waals surface area contributed by atoms with E-state index in [4.69, 9.17) is 14.5 Å². The predicted molar refractivity (Wildman–Crippen MR) is 171 cm³/mol. The van der Waals surface area contributed by atoms with Gasteiger partial charge in [0.15, 0.2) is 0 Å². The third-order valence-electron chi connectivity index (χ3n) is 8.57. The van der Waals surface area contributed by atoms with Gasteiger partial charge in [0.1, 0.15) is 11.9 Å². The molecule has 6 rings (SSSR count). The van der Waals surface area contributed by atoms with Crippen molar-refractivity contribution < 1.29 is 17.9 Å². The van der Waals surface area contributed by atoms with Gasteiger partial charge in [0.2, 0.25) is 21.9 Å². The summed E-state index contributed by atoms with van der Waals surface area (Å²) in [5.41, 5.74) is 2.24. The molecule has 14 heteroatoms. The maximum atomic E-state index is 11.9. The average molecular weight is 626 g/mol. The van der Waals surface area contributed by atoms with Gasteiger partial charge >= 0.3 is 0 Å². The Morgan fingerprint density at radius 2 is 1.68 bits per heavy atom. The topological polar surface area (TPSA) is 138 Å². The maximum absolute atomic E-state index is 11.9. The number of piperazine rings is 1. The van der Waals surface area contributed by atoms with Gasteiger partial charge < -0.3 is 29.5 Å². The number of anilines is 3. The number of rotatable bonds is 10.